The Balaban J connectivity index is 2.27. The van der Waals surface area contributed by atoms with Gasteiger partial charge < -0.3 is 10.4 Å². The maximum atomic E-state index is 12.8. The Kier molecular flexibility index (Phi) is 4.75. The van der Waals surface area contributed by atoms with Crippen molar-refractivity contribution in [2.24, 2.45) is 0 Å². The summed E-state index contributed by atoms with van der Waals surface area (Å²) in [4.78, 5) is 11.2. The molecule has 3 nitrogen and oxygen atoms in total. The lowest BCUT2D eigenvalue weighted by Gasteiger charge is -2.20. The minimum absolute atomic E-state index is 0.0362. The van der Waals surface area contributed by atoms with E-state index in [1.54, 1.807) is 0 Å². The van der Waals surface area contributed by atoms with E-state index in [2.05, 4.69) is 5.32 Å². The van der Waals surface area contributed by atoms with Gasteiger partial charge in [-0.25, -0.2) is 4.79 Å². The highest BCUT2D eigenvalue weighted by atomic mass is 19.4. The Morgan fingerprint density at radius 3 is 2.29 bits per heavy atom. The van der Waals surface area contributed by atoms with Crippen molar-refractivity contribution in [2.75, 3.05) is 5.32 Å². The number of alkyl halides is 3. The van der Waals surface area contributed by atoms with Crippen LogP contribution in [0, 0.1) is 0 Å². The molecule has 0 unspecified atom stereocenters. The average Bonchev–Trinajstić information content (AvgIpc) is 2.66. The summed E-state index contributed by atoms with van der Waals surface area (Å²) in [5.74, 6) is -1.22. The molecule has 1 saturated carbocycles. The molecule has 0 saturated heterocycles. The first-order chi connectivity index (χ1) is 9.88. The first-order valence-corrected chi connectivity index (χ1v) is 7.09. The van der Waals surface area contributed by atoms with Crippen LogP contribution in [-0.4, -0.2) is 17.1 Å². The topological polar surface area (TPSA) is 49.3 Å². The number of anilines is 1. The number of benzene rings is 1. The van der Waals surface area contributed by atoms with E-state index in [1.807, 2.05) is 0 Å². The van der Waals surface area contributed by atoms with E-state index in [1.165, 1.54) is 0 Å². The van der Waals surface area contributed by atoms with Crippen molar-refractivity contribution in [1.29, 1.82) is 0 Å². The number of hydrogen-bond donors (Lipinski definition) is 2. The molecule has 0 bridgehead atoms. The Bertz CT molecular complexity index is 506. The van der Waals surface area contributed by atoms with Gasteiger partial charge in [0.2, 0.25) is 0 Å². The molecule has 6 heteroatoms. The molecule has 2 N–H and O–H groups in total. The third kappa shape index (κ3) is 4.12. The second kappa shape index (κ2) is 6.37. The molecule has 21 heavy (non-hydrogen) atoms. The lowest BCUT2D eigenvalue weighted by Crippen LogP contribution is -2.21. The largest absolute Gasteiger partial charge is 0.478 e. The Hall–Kier alpha value is -1.72. The number of aromatic carboxylic acids is 1. The van der Waals surface area contributed by atoms with Crippen molar-refractivity contribution < 1.29 is 23.1 Å². The second-order valence-electron chi connectivity index (χ2n) is 5.40. The van der Waals surface area contributed by atoms with Crippen molar-refractivity contribution in [2.45, 2.75) is 50.7 Å². The van der Waals surface area contributed by atoms with Gasteiger partial charge in [0, 0.05) is 11.7 Å². The molecule has 1 aromatic carbocycles. The molecule has 0 spiro atoms. The Labute approximate surface area is 121 Å². The summed E-state index contributed by atoms with van der Waals surface area (Å²) in [6.45, 7) is 0. The van der Waals surface area contributed by atoms with Crippen molar-refractivity contribution in [3.63, 3.8) is 0 Å². The highest BCUT2D eigenvalue weighted by molar-refractivity contribution is 5.94. The fraction of sp³-hybridized carbons (Fsp3) is 0.533. The molecule has 2 rings (SSSR count). The van der Waals surface area contributed by atoms with E-state index in [-0.39, 0.29) is 17.3 Å². The van der Waals surface area contributed by atoms with Crippen LogP contribution in [-0.2, 0) is 6.18 Å². The third-order valence-electron chi connectivity index (χ3n) is 3.79. The van der Waals surface area contributed by atoms with Crippen molar-refractivity contribution in [3.8, 4) is 0 Å². The van der Waals surface area contributed by atoms with Gasteiger partial charge >= 0.3 is 12.1 Å². The van der Waals surface area contributed by atoms with E-state index in [9.17, 15) is 18.0 Å². The number of carboxylic acid groups (broad SMARTS) is 1. The molecule has 1 fully saturated rings. The van der Waals surface area contributed by atoms with Gasteiger partial charge in [0.15, 0.2) is 0 Å². The van der Waals surface area contributed by atoms with Gasteiger partial charge in [-0.15, -0.1) is 0 Å². The lowest BCUT2D eigenvalue weighted by atomic mass is 10.0. The number of carboxylic acids is 1. The summed E-state index contributed by atoms with van der Waals surface area (Å²) < 4.78 is 38.3. The van der Waals surface area contributed by atoms with Gasteiger partial charge in [0.05, 0.1) is 11.1 Å². The highest BCUT2D eigenvalue weighted by Crippen LogP contribution is 2.33. The second-order valence-corrected chi connectivity index (χ2v) is 5.40. The van der Waals surface area contributed by atoms with Gasteiger partial charge in [-0.05, 0) is 31.0 Å². The zero-order valence-electron chi connectivity index (χ0n) is 11.5. The van der Waals surface area contributed by atoms with Gasteiger partial charge in [-0.3, -0.25) is 0 Å². The van der Waals surface area contributed by atoms with Gasteiger partial charge in [-0.1, -0.05) is 25.7 Å². The predicted molar refractivity (Wildman–Crippen MR) is 73.5 cm³/mol. The zero-order valence-corrected chi connectivity index (χ0v) is 11.5. The predicted octanol–water partition coefficient (Wildman–Crippen LogP) is 4.54. The van der Waals surface area contributed by atoms with Crippen LogP contribution in [0.25, 0.3) is 0 Å². The lowest BCUT2D eigenvalue weighted by molar-refractivity contribution is -0.137. The molecule has 1 aromatic rings. The molecule has 0 amide bonds. The summed E-state index contributed by atoms with van der Waals surface area (Å²) in [7, 11) is 0. The van der Waals surface area contributed by atoms with Crippen LogP contribution in [0.3, 0.4) is 0 Å². The summed E-state index contributed by atoms with van der Waals surface area (Å²) in [5, 5.41) is 12.1. The molecule has 0 aromatic heterocycles. The Morgan fingerprint density at radius 1 is 1.14 bits per heavy atom. The van der Waals surface area contributed by atoms with E-state index >= 15 is 0 Å². The summed E-state index contributed by atoms with van der Waals surface area (Å²) >= 11 is 0. The maximum absolute atomic E-state index is 12.8. The first kappa shape index (κ1) is 15.7. The third-order valence-corrected chi connectivity index (χ3v) is 3.79. The number of hydrogen-bond acceptors (Lipinski definition) is 2. The van der Waals surface area contributed by atoms with Crippen molar-refractivity contribution in [3.05, 3.63) is 29.3 Å². The maximum Gasteiger partial charge on any atom is 0.416 e. The molecule has 0 radical (unpaired) electrons. The highest BCUT2D eigenvalue weighted by Gasteiger charge is 2.31. The number of carbonyl (C=O) groups is 1. The van der Waals surface area contributed by atoms with E-state index < -0.39 is 17.7 Å². The molecular weight excluding hydrogens is 283 g/mol. The van der Waals surface area contributed by atoms with Crippen LogP contribution in [0.1, 0.15) is 54.4 Å². The average molecular weight is 301 g/mol. The summed E-state index contributed by atoms with van der Waals surface area (Å²) in [6.07, 6.45) is 1.50. The van der Waals surface area contributed by atoms with E-state index in [0.29, 0.717) is 0 Å². The van der Waals surface area contributed by atoms with Crippen molar-refractivity contribution >= 4 is 11.7 Å². The SMILES string of the molecule is O=C(O)c1ccc(C(F)(F)F)cc1NC1CCCCCC1. The van der Waals surface area contributed by atoms with Crippen LogP contribution < -0.4 is 5.32 Å². The number of rotatable bonds is 3. The first-order valence-electron chi connectivity index (χ1n) is 7.09. The fourth-order valence-electron chi connectivity index (χ4n) is 2.67. The van der Waals surface area contributed by atoms with Crippen LogP contribution in [0.15, 0.2) is 18.2 Å². The minimum atomic E-state index is -4.48. The molecule has 1 aliphatic carbocycles. The fourth-order valence-corrected chi connectivity index (χ4v) is 2.67. The normalized spacial score (nSPS) is 17.3. The summed E-state index contributed by atoms with van der Waals surface area (Å²) in [5.41, 5.74) is -0.889. The van der Waals surface area contributed by atoms with Crippen molar-refractivity contribution in [1.82, 2.24) is 0 Å². The van der Waals surface area contributed by atoms with E-state index in [0.717, 1.165) is 56.7 Å². The van der Waals surface area contributed by atoms with Gasteiger partial charge in [-0.2, -0.15) is 13.2 Å². The van der Waals surface area contributed by atoms with Gasteiger partial charge in [0.25, 0.3) is 0 Å². The number of halogens is 3. The quantitative estimate of drug-likeness (QED) is 0.806. The van der Waals surface area contributed by atoms with E-state index in [4.69, 9.17) is 5.11 Å². The molecule has 116 valence electrons. The molecule has 0 atom stereocenters. The minimum Gasteiger partial charge on any atom is -0.478 e. The molecule has 0 heterocycles. The monoisotopic (exact) mass is 301 g/mol. The van der Waals surface area contributed by atoms with Crippen LogP contribution >= 0.6 is 0 Å². The number of nitrogens with one attached hydrogen (secondary N) is 1. The zero-order chi connectivity index (χ0) is 15.5. The molecule has 1 aliphatic rings. The molecular formula is C15H18F3NO2. The smallest absolute Gasteiger partial charge is 0.416 e. The molecule has 0 aliphatic heterocycles. The Morgan fingerprint density at radius 2 is 1.76 bits per heavy atom. The van der Waals surface area contributed by atoms with Crippen LogP contribution in [0.2, 0.25) is 0 Å². The van der Waals surface area contributed by atoms with Crippen LogP contribution in [0.4, 0.5) is 18.9 Å². The van der Waals surface area contributed by atoms with Gasteiger partial charge in [0.1, 0.15) is 0 Å². The standard InChI is InChI=1S/C15H18F3NO2/c16-15(17,18)10-7-8-12(14(20)21)13(9-10)19-11-5-3-1-2-4-6-11/h7-9,11,19H,1-6H2,(H,20,21). The summed E-state index contributed by atoms with van der Waals surface area (Å²) in [6, 6.07) is 2.76. The van der Waals surface area contributed by atoms with Crippen LogP contribution in [0.5, 0.6) is 0 Å².